The molecular formula is C12H12N2. The van der Waals surface area contributed by atoms with E-state index in [1.165, 1.54) is 0 Å². The molecule has 2 rings (SSSR count). The summed E-state index contributed by atoms with van der Waals surface area (Å²) in [6.07, 6.45) is 5.77. The van der Waals surface area contributed by atoms with Crippen LogP contribution in [0.5, 0.6) is 0 Å². The van der Waals surface area contributed by atoms with Crippen LogP contribution in [0.1, 0.15) is 5.56 Å². The first kappa shape index (κ1) is 8.91. The number of benzene rings is 1. The summed E-state index contributed by atoms with van der Waals surface area (Å²) in [7, 11) is 0. The van der Waals surface area contributed by atoms with E-state index in [1.54, 1.807) is 6.20 Å². The Kier molecular flexibility index (Phi) is 2.56. The Balaban J connectivity index is 2.46. The van der Waals surface area contributed by atoms with Gasteiger partial charge < -0.3 is 5.73 Å². The summed E-state index contributed by atoms with van der Waals surface area (Å²) in [5.41, 5.74) is 7.58. The van der Waals surface area contributed by atoms with Crippen molar-refractivity contribution in [3.63, 3.8) is 0 Å². The molecule has 0 bridgehead atoms. The van der Waals surface area contributed by atoms with Crippen molar-refractivity contribution in [1.82, 2.24) is 4.98 Å². The summed E-state index contributed by atoms with van der Waals surface area (Å²) in [4.78, 5) is 4.25. The lowest BCUT2D eigenvalue weighted by Crippen LogP contribution is -1.91. The SMILES string of the molecule is NCC=Cc1ccc2ncccc2c1. The fraction of sp³-hybridized carbons (Fsp3) is 0.0833. The Morgan fingerprint density at radius 2 is 2.21 bits per heavy atom. The number of rotatable bonds is 2. The van der Waals surface area contributed by atoms with Gasteiger partial charge in [0.15, 0.2) is 0 Å². The number of pyridine rings is 1. The van der Waals surface area contributed by atoms with Crippen molar-refractivity contribution in [3.05, 3.63) is 48.2 Å². The molecule has 0 aliphatic heterocycles. The summed E-state index contributed by atoms with van der Waals surface area (Å²) >= 11 is 0. The summed E-state index contributed by atoms with van der Waals surface area (Å²) in [5.74, 6) is 0. The molecule has 2 nitrogen and oxygen atoms in total. The van der Waals surface area contributed by atoms with E-state index in [1.807, 2.05) is 30.4 Å². The van der Waals surface area contributed by atoms with Gasteiger partial charge in [0, 0.05) is 18.1 Å². The molecule has 0 amide bonds. The van der Waals surface area contributed by atoms with Crippen molar-refractivity contribution in [2.24, 2.45) is 5.73 Å². The molecule has 0 saturated heterocycles. The maximum atomic E-state index is 5.39. The third-order valence-corrected chi connectivity index (χ3v) is 2.07. The highest BCUT2D eigenvalue weighted by Crippen LogP contribution is 2.13. The number of hydrogen-bond donors (Lipinski definition) is 1. The monoisotopic (exact) mass is 184 g/mol. The minimum atomic E-state index is 0.574. The van der Waals surface area contributed by atoms with Crippen molar-refractivity contribution in [2.75, 3.05) is 6.54 Å². The van der Waals surface area contributed by atoms with Crippen LogP contribution in [0, 0.1) is 0 Å². The summed E-state index contributed by atoms with van der Waals surface area (Å²) < 4.78 is 0. The van der Waals surface area contributed by atoms with E-state index in [4.69, 9.17) is 5.73 Å². The Labute approximate surface area is 83.1 Å². The van der Waals surface area contributed by atoms with Crippen molar-refractivity contribution < 1.29 is 0 Å². The Hall–Kier alpha value is -1.67. The van der Waals surface area contributed by atoms with Crippen molar-refractivity contribution in [2.45, 2.75) is 0 Å². The predicted octanol–water partition coefficient (Wildman–Crippen LogP) is 2.21. The van der Waals surface area contributed by atoms with Gasteiger partial charge in [0.25, 0.3) is 0 Å². The van der Waals surface area contributed by atoms with Crippen molar-refractivity contribution in [3.8, 4) is 0 Å². The van der Waals surface area contributed by atoms with Gasteiger partial charge in [-0.15, -0.1) is 0 Å². The number of nitrogens with zero attached hydrogens (tertiary/aromatic N) is 1. The van der Waals surface area contributed by atoms with E-state index >= 15 is 0 Å². The molecular weight excluding hydrogens is 172 g/mol. The van der Waals surface area contributed by atoms with Crippen LogP contribution in [0.25, 0.3) is 17.0 Å². The van der Waals surface area contributed by atoms with E-state index in [-0.39, 0.29) is 0 Å². The molecule has 0 unspecified atom stereocenters. The van der Waals surface area contributed by atoms with Gasteiger partial charge in [-0.1, -0.05) is 24.3 Å². The molecule has 1 aromatic carbocycles. The van der Waals surface area contributed by atoms with E-state index in [0.717, 1.165) is 16.5 Å². The lowest BCUT2D eigenvalue weighted by molar-refractivity contribution is 1.26. The van der Waals surface area contributed by atoms with Crippen LogP contribution in [0.2, 0.25) is 0 Å². The zero-order valence-electron chi connectivity index (χ0n) is 7.85. The van der Waals surface area contributed by atoms with Gasteiger partial charge in [0.2, 0.25) is 0 Å². The molecule has 0 radical (unpaired) electrons. The van der Waals surface area contributed by atoms with Gasteiger partial charge in [0.1, 0.15) is 0 Å². The maximum Gasteiger partial charge on any atom is 0.0702 e. The summed E-state index contributed by atoms with van der Waals surface area (Å²) in [6, 6.07) is 10.2. The summed E-state index contributed by atoms with van der Waals surface area (Å²) in [6.45, 7) is 0.574. The average Bonchev–Trinajstić information content (AvgIpc) is 2.26. The summed E-state index contributed by atoms with van der Waals surface area (Å²) in [5, 5.41) is 1.16. The first-order valence-corrected chi connectivity index (χ1v) is 4.61. The van der Waals surface area contributed by atoms with E-state index in [0.29, 0.717) is 6.54 Å². The number of nitrogens with two attached hydrogens (primary N) is 1. The maximum absolute atomic E-state index is 5.39. The minimum Gasteiger partial charge on any atom is -0.327 e. The second-order valence-corrected chi connectivity index (χ2v) is 3.09. The molecule has 0 fully saturated rings. The van der Waals surface area contributed by atoms with Gasteiger partial charge in [0.05, 0.1) is 5.52 Å². The standard InChI is InChI=1S/C12H12N2/c13-7-1-3-10-5-6-12-11(9-10)4-2-8-14-12/h1-6,8-9H,7,13H2. The van der Waals surface area contributed by atoms with Gasteiger partial charge in [-0.2, -0.15) is 0 Å². The Morgan fingerprint density at radius 3 is 3.07 bits per heavy atom. The second-order valence-electron chi connectivity index (χ2n) is 3.09. The van der Waals surface area contributed by atoms with Crippen molar-refractivity contribution in [1.29, 1.82) is 0 Å². The highest BCUT2D eigenvalue weighted by molar-refractivity contribution is 5.80. The van der Waals surface area contributed by atoms with E-state index < -0.39 is 0 Å². The zero-order valence-corrected chi connectivity index (χ0v) is 7.85. The highest BCUT2D eigenvalue weighted by atomic mass is 14.6. The lowest BCUT2D eigenvalue weighted by atomic mass is 10.1. The third kappa shape index (κ3) is 1.80. The molecule has 2 N–H and O–H groups in total. The first-order valence-electron chi connectivity index (χ1n) is 4.61. The fourth-order valence-electron chi connectivity index (χ4n) is 1.40. The van der Waals surface area contributed by atoms with E-state index in [9.17, 15) is 0 Å². The molecule has 2 aromatic rings. The molecule has 0 aliphatic carbocycles. The van der Waals surface area contributed by atoms with Crippen LogP contribution in [0.4, 0.5) is 0 Å². The molecule has 0 atom stereocenters. The number of aromatic nitrogens is 1. The molecule has 14 heavy (non-hydrogen) atoms. The van der Waals surface area contributed by atoms with Crippen molar-refractivity contribution >= 4 is 17.0 Å². The number of fused-ring (bicyclic) bond motifs is 1. The Bertz CT molecular complexity index is 461. The lowest BCUT2D eigenvalue weighted by Gasteiger charge is -1.97. The average molecular weight is 184 g/mol. The normalized spacial score (nSPS) is 11.2. The zero-order chi connectivity index (χ0) is 9.80. The van der Waals surface area contributed by atoms with Crippen LogP contribution in [0.3, 0.4) is 0 Å². The van der Waals surface area contributed by atoms with E-state index in [2.05, 4.69) is 17.1 Å². The van der Waals surface area contributed by atoms with Crippen LogP contribution < -0.4 is 5.73 Å². The topological polar surface area (TPSA) is 38.9 Å². The largest absolute Gasteiger partial charge is 0.327 e. The molecule has 1 heterocycles. The Morgan fingerprint density at radius 1 is 1.29 bits per heavy atom. The molecule has 2 heteroatoms. The van der Waals surface area contributed by atoms with Gasteiger partial charge >= 0.3 is 0 Å². The smallest absolute Gasteiger partial charge is 0.0702 e. The van der Waals surface area contributed by atoms with Gasteiger partial charge in [-0.3, -0.25) is 4.98 Å². The predicted molar refractivity (Wildman–Crippen MR) is 59.8 cm³/mol. The second kappa shape index (κ2) is 4.03. The minimum absolute atomic E-state index is 0.574. The fourth-order valence-corrected chi connectivity index (χ4v) is 1.40. The molecule has 0 aliphatic rings. The molecule has 0 spiro atoms. The quantitative estimate of drug-likeness (QED) is 0.777. The first-order chi connectivity index (χ1) is 6.90. The molecule has 70 valence electrons. The van der Waals surface area contributed by atoms with Gasteiger partial charge in [-0.05, 0) is 23.8 Å². The van der Waals surface area contributed by atoms with Crippen LogP contribution in [-0.2, 0) is 0 Å². The number of hydrogen-bond acceptors (Lipinski definition) is 2. The van der Waals surface area contributed by atoms with Crippen LogP contribution in [-0.4, -0.2) is 11.5 Å². The third-order valence-electron chi connectivity index (χ3n) is 2.07. The molecule has 0 saturated carbocycles. The molecule has 1 aromatic heterocycles. The van der Waals surface area contributed by atoms with Crippen LogP contribution in [0.15, 0.2) is 42.6 Å². The van der Waals surface area contributed by atoms with Crippen LogP contribution >= 0.6 is 0 Å². The highest BCUT2D eigenvalue weighted by Gasteiger charge is 1.92. The van der Waals surface area contributed by atoms with Gasteiger partial charge in [-0.25, -0.2) is 0 Å².